The predicted molar refractivity (Wildman–Crippen MR) is 108 cm³/mol. The summed E-state index contributed by atoms with van der Waals surface area (Å²) in [6, 6.07) is 6.13. The first-order valence-corrected chi connectivity index (χ1v) is 11.8. The van der Waals surface area contributed by atoms with Gasteiger partial charge in [-0.2, -0.15) is 0 Å². The van der Waals surface area contributed by atoms with Crippen molar-refractivity contribution in [1.29, 1.82) is 0 Å². The van der Waals surface area contributed by atoms with Gasteiger partial charge in [-0.3, -0.25) is 0 Å². The first-order chi connectivity index (χ1) is 12.4. The van der Waals surface area contributed by atoms with Gasteiger partial charge in [0.25, 0.3) is 0 Å². The highest BCUT2D eigenvalue weighted by Gasteiger charge is 2.28. The second-order valence-electron chi connectivity index (χ2n) is 8.32. The normalized spacial score (nSPS) is 20.2. The van der Waals surface area contributed by atoms with Crippen LogP contribution in [0.1, 0.15) is 77.2 Å². The molecule has 1 aromatic carbocycles. The smallest absolute Gasteiger partial charge is 0.242 e. The van der Waals surface area contributed by atoms with Crippen molar-refractivity contribution in [1.82, 2.24) is 4.72 Å². The van der Waals surface area contributed by atoms with Crippen LogP contribution in [0.25, 0.3) is 0 Å². The highest BCUT2D eigenvalue weighted by molar-refractivity contribution is 7.89. The number of hydrogen-bond donors (Lipinski definition) is 1. The number of rotatable bonds is 6. The summed E-state index contributed by atoms with van der Waals surface area (Å²) in [5.41, 5.74) is 1.97. The molecular weight excluding hydrogens is 344 g/mol. The Labute approximate surface area is 159 Å². The van der Waals surface area contributed by atoms with Gasteiger partial charge in [0.2, 0.25) is 10.0 Å². The van der Waals surface area contributed by atoms with Gasteiger partial charge in [0.15, 0.2) is 0 Å². The molecule has 146 valence electrons. The van der Waals surface area contributed by atoms with Crippen LogP contribution in [0.5, 0.6) is 0 Å². The van der Waals surface area contributed by atoms with Gasteiger partial charge in [-0.05, 0) is 55.2 Å². The van der Waals surface area contributed by atoms with Gasteiger partial charge in [-0.1, -0.05) is 46.1 Å². The Hall–Kier alpha value is -1.07. The summed E-state index contributed by atoms with van der Waals surface area (Å²) in [6.45, 7) is 8.38. The zero-order valence-corrected chi connectivity index (χ0v) is 17.3. The van der Waals surface area contributed by atoms with E-state index >= 15 is 0 Å². The van der Waals surface area contributed by atoms with Crippen molar-refractivity contribution in [2.24, 2.45) is 5.92 Å². The molecule has 0 atom stereocenters. The van der Waals surface area contributed by atoms with E-state index in [-0.39, 0.29) is 6.04 Å². The molecule has 2 fully saturated rings. The lowest BCUT2D eigenvalue weighted by Gasteiger charge is -2.34. The van der Waals surface area contributed by atoms with Gasteiger partial charge in [0, 0.05) is 19.1 Å². The van der Waals surface area contributed by atoms with E-state index in [0.29, 0.717) is 10.8 Å². The predicted octanol–water partition coefficient (Wildman–Crippen LogP) is 4.66. The maximum atomic E-state index is 13.2. The van der Waals surface area contributed by atoms with Crippen molar-refractivity contribution < 1.29 is 8.42 Å². The lowest BCUT2D eigenvalue weighted by atomic mass is 9.94. The van der Waals surface area contributed by atoms with Crippen LogP contribution in [0.3, 0.4) is 0 Å². The van der Waals surface area contributed by atoms with Gasteiger partial charge in [0.1, 0.15) is 4.90 Å². The second-order valence-corrected chi connectivity index (χ2v) is 10.0. The third kappa shape index (κ3) is 4.42. The van der Waals surface area contributed by atoms with Crippen LogP contribution < -0.4 is 9.62 Å². The number of nitrogens with zero attached hydrogens (tertiary/aromatic N) is 1. The maximum absolute atomic E-state index is 13.2. The van der Waals surface area contributed by atoms with E-state index in [1.807, 2.05) is 12.1 Å². The molecule has 1 N–H and O–H groups in total. The minimum Gasteiger partial charge on any atom is -0.370 e. The topological polar surface area (TPSA) is 49.4 Å². The van der Waals surface area contributed by atoms with Gasteiger partial charge in [-0.25, -0.2) is 13.1 Å². The van der Waals surface area contributed by atoms with E-state index < -0.39 is 10.0 Å². The lowest BCUT2D eigenvalue weighted by Crippen LogP contribution is -2.37. The maximum Gasteiger partial charge on any atom is 0.242 e. The molecule has 4 nitrogen and oxygen atoms in total. The molecular formula is C21H34N2O2S. The number of hydrogen-bond acceptors (Lipinski definition) is 3. The van der Waals surface area contributed by atoms with Crippen molar-refractivity contribution in [3.05, 3.63) is 23.8 Å². The summed E-state index contributed by atoms with van der Waals surface area (Å²) in [5.74, 6) is 1.09. The van der Waals surface area contributed by atoms with Crippen LogP contribution in [0, 0.1) is 5.92 Å². The Morgan fingerprint density at radius 2 is 1.77 bits per heavy atom. The molecule has 1 aliphatic heterocycles. The van der Waals surface area contributed by atoms with Crippen LogP contribution in [-0.2, 0) is 10.0 Å². The van der Waals surface area contributed by atoms with Gasteiger partial charge >= 0.3 is 0 Å². The lowest BCUT2D eigenvalue weighted by molar-refractivity contribution is 0.394. The summed E-state index contributed by atoms with van der Waals surface area (Å²) in [7, 11) is -3.49. The third-order valence-corrected chi connectivity index (χ3v) is 7.70. The average molecular weight is 379 g/mol. The molecule has 0 unspecified atom stereocenters. The second kappa shape index (κ2) is 8.30. The third-order valence-electron chi connectivity index (χ3n) is 6.15. The summed E-state index contributed by atoms with van der Waals surface area (Å²) >= 11 is 0. The number of nitrogens with one attached hydrogen (secondary N) is 1. The molecule has 3 rings (SSSR count). The molecule has 0 spiro atoms. The number of piperidine rings is 1. The van der Waals surface area contributed by atoms with Crippen LogP contribution in [0.2, 0.25) is 0 Å². The number of sulfonamides is 1. The number of anilines is 1. The van der Waals surface area contributed by atoms with Gasteiger partial charge < -0.3 is 4.90 Å². The summed E-state index contributed by atoms with van der Waals surface area (Å²) < 4.78 is 29.4. The Bertz CT molecular complexity index is 701. The zero-order valence-electron chi connectivity index (χ0n) is 16.5. The van der Waals surface area contributed by atoms with E-state index in [2.05, 4.69) is 36.5 Å². The molecule has 0 amide bonds. The standard InChI is InChI=1S/C21H34N2O2S/c1-4-17-11-13-23(14-12-17)20-10-9-18(16(2)3)15-21(20)26(24,25)22-19-7-5-6-8-19/h9-10,15-17,19,22H,4-8,11-14H2,1-3H3. The fraction of sp³-hybridized carbons (Fsp3) is 0.714. The fourth-order valence-electron chi connectivity index (χ4n) is 4.28. The van der Waals surface area contributed by atoms with Gasteiger partial charge in [-0.15, -0.1) is 0 Å². The van der Waals surface area contributed by atoms with Crippen LogP contribution in [-0.4, -0.2) is 27.5 Å². The Morgan fingerprint density at radius 1 is 1.12 bits per heavy atom. The van der Waals surface area contributed by atoms with Crippen molar-refractivity contribution in [3.8, 4) is 0 Å². The molecule has 1 heterocycles. The Kier molecular flexibility index (Phi) is 6.29. The largest absolute Gasteiger partial charge is 0.370 e. The van der Waals surface area contributed by atoms with E-state index in [1.54, 1.807) is 0 Å². The molecule has 0 aromatic heterocycles. The SMILES string of the molecule is CCC1CCN(c2ccc(C(C)C)cc2S(=O)(=O)NC2CCCC2)CC1. The highest BCUT2D eigenvalue weighted by Crippen LogP contribution is 2.33. The molecule has 0 radical (unpaired) electrons. The molecule has 2 aliphatic rings. The molecule has 1 saturated heterocycles. The monoisotopic (exact) mass is 378 g/mol. The van der Waals surface area contributed by atoms with Crippen molar-refractivity contribution in [2.75, 3.05) is 18.0 Å². The Morgan fingerprint density at radius 3 is 2.35 bits per heavy atom. The fourth-order valence-corrected chi connectivity index (χ4v) is 5.84. The van der Waals surface area contributed by atoms with E-state index in [9.17, 15) is 8.42 Å². The first-order valence-electron chi connectivity index (χ1n) is 10.3. The molecule has 26 heavy (non-hydrogen) atoms. The summed E-state index contributed by atoms with van der Waals surface area (Å²) in [5, 5.41) is 0. The van der Waals surface area contributed by atoms with Crippen LogP contribution >= 0.6 is 0 Å². The van der Waals surface area contributed by atoms with Crippen molar-refractivity contribution in [3.63, 3.8) is 0 Å². The molecule has 1 saturated carbocycles. The minimum atomic E-state index is -3.49. The van der Waals surface area contributed by atoms with Gasteiger partial charge in [0.05, 0.1) is 5.69 Å². The zero-order chi connectivity index (χ0) is 18.7. The van der Waals surface area contributed by atoms with Crippen molar-refractivity contribution >= 4 is 15.7 Å². The number of benzene rings is 1. The molecule has 0 bridgehead atoms. The van der Waals surface area contributed by atoms with Crippen molar-refractivity contribution in [2.45, 2.75) is 82.6 Å². The highest BCUT2D eigenvalue weighted by atomic mass is 32.2. The van der Waals surface area contributed by atoms with E-state index in [4.69, 9.17) is 0 Å². The minimum absolute atomic E-state index is 0.0985. The summed E-state index contributed by atoms with van der Waals surface area (Å²) in [6.07, 6.45) is 7.68. The van der Waals surface area contributed by atoms with E-state index in [1.165, 1.54) is 6.42 Å². The van der Waals surface area contributed by atoms with Crippen LogP contribution in [0.4, 0.5) is 5.69 Å². The Balaban J connectivity index is 1.91. The molecule has 5 heteroatoms. The molecule has 1 aliphatic carbocycles. The van der Waals surface area contributed by atoms with Crippen LogP contribution in [0.15, 0.2) is 23.1 Å². The summed E-state index contributed by atoms with van der Waals surface area (Å²) in [4.78, 5) is 2.75. The first kappa shape index (κ1) is 19.7. The molecule has 1 aromatic rings. The quantitative estimate of drug-likeness (QED) is 0.783. The average Bonchev–Trinajstić information content (AvgIpc) is 3.13. The van der Waals surface area contributed by atoms with E-state index in [0.717, 1.165) is 68.8 Å².